The van der Waals surface area contributed by atoms with E-state index in [1.165, 1.54) is 4.88 Å². The maximum atomic E-state index is 12.2. The molecule has 2 atom stereocenters. The lowest BCUT2D eigenvalue weighted by molar-refractivity contribution is -0.137. The lowest BCUT2D eigenvalue weighted by atomic mass is 10.0. The van der Waals surface area contributed by atoms with E-state index in [2.05, 4.69) is 9.88 Å². The summed E-state index contributed by atoms with van der Waals surface area (Å²) in [4.78, 5) is 22.1. The molecule has 20 heavy (non-hydrogen) atoms. The third-order valence-electron chi connectivity index (χ3n) is 3.91. The Hall–Kier alpha value is -0.980. The highest BCUT2D eigenvalue weighted by Gasteiger charge is 2.26. The molecule has 2 rings (SSSR count). The summed E-state index contributed by atoms with van der Waals surface area (Å²) in [5.74, 6) is 0.0963. The first-order valence-electron chi connectivity index (χ1n) is 7.15. The van der Waals surface area contributed by atoms with Crippen LogP contribution in [-0.2, 0) is 11.3 Å². The minimum atomic E-state index is -0.0919. The number of thiazole rings is 1. The van der Waals surface area contributed by atoms with Crippen LogP contribution in [0.1, 0.15) is 23.7 Å². The van der Waals surface area contributed by atoms with Crippen LogP contribution in [-0.4, -0.2) is 52.9 Å². The monoisotopic (exact) mass is 296 g/mol. The van der Waals surface area contributed by atoms with Gasteiger partial charge in [0.2, 0.25) is 5.91 Å². The van der Waals surface area contributed by atoms with Crippen LogP contribution < -0.4 is 5.73 Å². The van der Waals surface area contributed by atoms with E-state index in [1.54, 1.807) is 11.3 Å². The van der Waals surface area contributed by atoms with Gasteiger partial charge in [-0.1, -0.05) is 6.92 Å². The summed E-state index contributed by atoms with van der Waals surface area (Å²) in [5.41, 5.74) is 5.81. The predicted octanol–water partition coefficient (Wildman–Crippen LogP) is 1.08. The SMILES string of the molecule is Cc1ncc(CN2CCN(C(=O)C(C)C(C)N)CC2)s1. The van der Waals surface area contributed by atoms with Gasteiger partial charge < -0.3 is 10.6 Å². The molecule has 1 saturated heterocycles. The second-order valence-corrected chi connectivity index (χ2v) is 6.91. The minimum Gasteiger partial charge on any atom is -0.340 e. The number of hydrogen-bond donors (Lipinski definition) is 1. The molecule has 112 valence electrons. The van der Waals surface area contributed by atoms with Crippen molar-refractivity contribution in [3.8, 4) is 0 Å². The van der Waals surface area contributed by atoms with Gasteiger partial charge in [-0.2, -0.15) is 0 Å². The molecule has 1 aromatic heterocycles. The second-order valence-electron chi connectivity index (χ2n) is 5.59. The Kier molecular flexibility index (Phi) is 5.12. The molecular weight excluding hydrogens is 272 g/mol. The van der Waals surface area contributed by atoms with E-state index in [4.69, 9.17) is 5.73 Å². The lowest BCUT2D eigenvalue weighted by Crippen LogP contribution is -2.51. The fourth-order valence-corrected chi connectivity index (χ4v) is 3.18. The van der Waals surface area contributed by atoms with Gasteiger partial charge in [0.15, 0.2) is 0 Å². The molecule has 2 unspecified atom stereocenters. The zero-order valence-corrected chi connectivity index (χ0v) is 13.3. The number of carbonyl (C=O) groups is 1. The summed E-state index contributed by atoms with van der Waals surface area (Å²) >= 11 is 1.75. The fourth-order valence-electron chi connectivity index (χ4n) is 2.34. The average Bonchev–Trinajstić information content (AvgIpc) is 2.83. The Morgan fingerprint density at radius 3 is 2.55 bits per heavy atom. The smallest absolute Gasteiger partial charge is 0.227 e. The summed E-state index contributed by atoms with van der Waals surface area (Å²) < 4.78 is 0. The van der Waals surface area contributed by atoms with Crippen LogP contribution in [0.5, 0.6) is 0 Å². The molecular formula is C14H24N4OS. The van der Waals surface area contributed by atoms with Crippen molar-refractivity contribution in [1.82, 2.24) is 14.8 Å². The van der Waals surface area contributed by atoms with E-state index in [0.29, 0.717) is 0 Å². The maximum Gasteiger partial charge on any atom is 0.227 e. The highest BCUT2D eigenvalue weighted by Crippen LogP contribution is 2.16. The molecule has 6 heteroatoms. The highest BCUT2D eigenvalue weighted by atomic mass is 32.1. The number of aryl methyl sites for hydroxylation is 1. The van der Waals surface area contributed by atoms with Crippen molar-refractivity contribution >= 4 is 17.2 Å². The molecule has 0 aliphatic carbocycles. The number of amides is 1. The number of piperazine rings is 1. The average molecular weight is 296 g/mol. The third kappa shape index (κ3) is 3.77. The summed E-state index contributed by atoms with van der Waals surface area (Å²) in [6, 6.07) is -0.0827. The molecule has 0 bridgehead atoms. The van der Waals surface area contributed by atoms with Crippen molar-refractivity contribution < 1.29 is 4.79 Å². The summed E-state index contributed by atoms with van der Waals surface area (Å²) in [7, 11) is 0. The topological polar surface area (TPSA) is 62.5 Å². The lowest BCUT2D eigenvalue weighted by Gasteiger charge is -2.36. The second kappa shape index (κ2) is 6.65. The van der Waals surface area contributed by atoms with E-state index >= 15 is 0 Å². The standard InChI is InChI=1S/C14H24N4OS/c1-10(11(2)15)14(19)18-6-4-17(5-7-18)9-13-8-16-12(3)20-13/h8,10-11H,4-7,9,15H2,1-3H3. The Labute approximate surface area is 124 Å². The number of aromatic nitrogens is 1. The molecule has 0 spiro atoms. The molecule has 1 amide bonds. The van der Waals surface area contributed by atoms with Gasteiger partial charge in [-0.25, -0.2) is 4.98 Å². The molecule has 0 radical (unpaired) electrons. The summed E-state index contributed by atoms with van der Waals surface area (Å²) in [6.07, 6.45) is 1.95. The van der Waals surface area contributed by atoms with E-state index in [-0.39, 0.29) is 17.9 Å². The number of nitrogens with two attached hydrogens (primary N) is 1. The van der Waals surface area contributed by atoms with Crippen LogP contribution in [0.2, 0.25) is 0 Å². The first kappa shape index (κ1) is 15.4. The van der Waals surface area contributed by atoms with Gasteiger partial charge in [-0.05, 0) is 13.8 Å². The molecule has 2 heterocycles. The van der Waals surface area contributed by atoms with Gasteiger partial charge in [0, 0.05) is 49.8 Å². The Bertz CT molecular complexity index is 452. The molecule has 1 aliphatic heterocycles. The van der Waals surface area contributed by atoms with Crippen molar-refractivity contribution in [3.05, 3.63) is 16.1 Å². The van der Waals surface area contributed by atoms with Crippen LogP contribution in [0.15, 0.2) is 6.20 Å². The van der Waals surface area contributed by atoms with Crippen LogP contribution >= 0.6 is 11.3 Å². The summed E-state index contributed by atoms with van der Waals surface area (Å²) in [5, 5.41) is 1.11. The normalized spacial score (nSPS) is 19.9. The van der Waals surface area contributed by atoms with Crippen LogP contribution in [0.4, 0.5) is 0 Å². The van der Waals surface area contributed by atoms with Gasteiger partial charge in [0.05, 0.1) is 10.9 Å². The fraction of sp³-hybridized carbons (Fsp3) is 0.714. The number of rotatable bonds is 4. The molecule has 1 fully saturated rings. The Balaban J connectivity index is 1.82. The van der Waals surface area contributed by atoms with Crippen molar-refractivity contribution in [3.63, 3.8) is 0 Å². The Morgan fingerprint density at radius 1 is 1.40 bits per heavy atom. The van der Waals surface area contributed by atoms with Gasteiger partial charge >= 0.3 is 0 Å². The predicted molar refractivity (Wildman–Crippen MR) is 81.5 cm³/mol. The zero-order chi connectivity index (χ0) is 14.7. The highest BCUT2D eigenvalue weighted by molar-refractivity contribution is 7.11. The Morgan fingerprint density at radius 2 is 2.05 bits per heavy atom. The van der Waals surface area contributed by atoms with Crippen LogP contribution in [0.3, 0.4) is 0 Å². The van der Waals surface area contributed by atoms with Crippen LogP contribution in [0, 0.1) is 12.8 Å². The first-order chi connectivity index (χ1) is 9.47. The van der Waals surface area contributed by atoms with Crippen molar-refractivity contribution in [1.29, 1.82) is 0 Å². The molecule has 5 nitrogen and oxygen atoms in total. The zero-order valence-electron chi connectivity index (χ0n) is 12.5. The van der Waals surface area contributed by atoms with Gasteiger partial charge in [0.1, 0.15) is 0 Å². The van der Waals surface area contributed by atoms with Gasteiger partial charge in [-0.3, -0.25) is 9.69 Å². The first-order valence-corrected chi connectivity index (χ1v) is 7.97. The van der Waals surface area contributed by atoms with E-state index in [0.717, 1.165) is 37.7 Å². The molecule has 1 aliphatic rings. The maximum absolute atomic E-state index is 12.2. The van der Waals surface area contributed by atoms with Gasteiger partial charge in [-0.15, -0.1) is 11.3 Å². The largest absolute Gasteiger partial charge is 0.340 e. The molecule has 1 aromatic rings. The van der Waals surface area contributed by atoms with E-state index < -0.39 is 0 Å². The molecule has 2 N–H and O–H groups in total. The van der Waals surface area contributed by atoms with Crippen molar-refractivity contribution in [2.45, 2.75) is 33.4 Å². The summed E-state index contributed by atoms with van der Waals surface area (Å²) in [6.45, 7) is 10.2. The number of carbonyl (C=O) groups excluding carboxylic acids is 1. The van der Waals surface area contributed by atoms with Gasteiger partial charge in [0.25, 0.3) is 0 Å². The number of hydrogen-bond acceptors (Lipinski definition) is 5. The number of nitrogens with zero attached hydrogens (tertiary/aromatic N) is 3. The van der Waals surface area contributed by atoms with E-state index in [1.807, 2.05) is 31.9 Å². The quantitative estimate of drug-likeness (QED) is 0.903. The van der Waals surface area contributed by atoms with E-state index in [9.17, 15) is 4.79 Å². The minimum absolute atomic E-state index is 0.0827. The van der Waals surface area contributed by atoms with Crippen LogP contribution in [0.25, 0.3) is 0 Å². The molecule has 0 saturated carbocycles. The third-order valence-corrected chi connectivity index (χ3v) is 4.81. The van der Waals surface area contributed by atoms with Crippen molar-refractivity contribution in [2.75, 3.05) is 26.2 Å². The van der Waals surface area contributed by atoms with Crippen molar-refractivity contribution in [2.24, 2.45) is 11.7 Å². The molecule has 0 aromatic carbocycles.